The van der Waals surface area contributed by atoms with Gasteiger partial charge >= 0.3 is 0 Å². The topological polar surface area (TPSA) is 107 Å². The molecule has 3 heterocycles. The maximum absolute atomic E-state index is 14.5. The molecule has 1 aliphatic heterocycles. The molecule has 1 aliphatic rings. The Balaban J connectivity index is 0.000000867. The van der Waals surface area contributed by atoms with Gasteiger partial charge in [-0.1, -0.05) is 12.1 Å². The van der Waals surface area contributed by atoms with Crippen LogP contribution in [0.4, 0.5) is 15.8 Å². The standard InChI is InChI=1S/C27H21FN6O2.C3H9N/c1-36-24-5-2-4-20(28)25(24)26-31-11-9-22(32-26)27(35)33-21-7-6-17(14-23(21)34-12-3-13-34)19-16-30-10-8-18(19)15-29;1-4(2)3/h2,4-11,14,16H,3,12-13H2,1H3,(H,33,35);1-3H3. The van der Waals surface area contributed by atoms with Crippen LogP contribution in [-0.4, -0.2) is 67.1 Å². The summed E-state index contributed by atoms with van der Waals surface area (Å²) < 4.78 is 19.8. The van der Waals surface area contributed by atoms with E-state index >= 15 is 0 Å². The van der Waals surface area contributed by atoms with Crippen LogP contribution in [0.3, 0.4) is 0 Å². The number of amides is 1. The van der Waals surface area contributed by atoms with Crippen molar-refractivity contribution < 1.29 is 13.9 Å². The van der Waals surface area contributed by atoms with Gasteiger partial charge in [-0.25, -0.2) is 14.4 Å². The monoisotopic (exact) mass is 539 g/mol. The van der Waals surface area contributed by atoms with Crippen LogP contribution in [0, 0.1) is 17.1 Å². The van der Waals surface area contributed by atoms with E-state index in [0.29, 0.717) is 11.3 Å². The molecule has 2 aromatic heterocycles. The Bertz CT molecular complexity index is 1540. The smallest absolute Gasteiger partial charge is 0.274 e. The molecule has 0 atom stereocenters. The molecule has 1 amide bonds. The summed E-state index contributed by atoms with van der Waals surface area (Å²) in [6.07, 6.45) is 5.70. The largest absolute Gasteiger partial charge is 0.496 e. The fourth-order valence-corrected chi connectivity index (χ4v) is 4.03. The van der Waals surface area contributed by atoms with Crippen molar-refractivity contribution in [3.8, 4) is 34.3 Å². The SMILES string of the molecule is CN(C)C.COc1cccc(F)c1-c1nccc(C(=O)Nc2ccc(-c3cnccc3C#N)cc2N2CCC2)n1. The van der Waals surface area contributed by atoms with E-state index in [0.717, 1.165) is 36.3 Å². The van der Waals surface area contributed by atoms with Crippen LogP contribution in [0.25, 0.3) is 22.5 Å². The van der Waals surface area contributed by atoms with E-state index in [2.05, 4.69) is 31.2 Å². The Hall–Kier alpha value is -4.88. The first-order chi connectivity index (χ1) is 19.3. The summed E-state index contributed by atoms with van der Waals surface area (Å²) in [5.41, 5.74) is 3.69. The second kappa shape index (κ2) is 12.8. The van der Waals surface area contributed by atoms with E-state index in [1.165, 1.54) is 31.5 Å². The molecule has 1 N–H and O–H groups in total. The molecule has 0 radical (unpaired) electrons. The third-order valence-electron chi connectivity index (χ3n) is 6.00. The second-order valence-electron chi connectivity index (χ2n) is 9.48. The molecule has 0 unspecified atom stereocenters. The number of nitriles is 1. The van der Waals surface area contributed by atoms with Crippen molar-refractivity contribution in [3.05, 3.63) is 84.2 Å². The summed E-state index contributed by atoms with van der Waals surface area (Å²) >= 11 is 0. The van der Waals surface area contributed by atoms with E-state index < -0.39 is 11.7 Å². The maximum Gasteiger partial charge on any atom is 0.274 e. The summed E-state index contributed by atoms with van der Waals surface area (Å²) in [7, 11) is 7.43. The average Bonchev–Trinajstić information content (AvgIpc) is 2.92. The Morgan fingerprint density at radius 2 is 1.90 bits per heavy atom. The molecule has 204 valence electrons. The minimum Gasteiger partial charge on any atom is -0.496 e. The number of nitrogens with one attached hydrogen (secondary N) is 1. The molecule has 0 saturated carbocycles. The van der Waals surface area contributed by atoms with E-state index in [1.54, 1.807) is 30.6 Å². The molecular weight excluding hydrogens is 509 g/mol. The number of halogens is 1. The lowest BCUT2D eigenvalue weighted by Crippen LogP contribution is -2.37. The molecule has 4 aromatic rings. The van der Waals surface area contributed by atoms with Crippen molar-refractivity contribution in [2.45, 2.75) is 6.42 Å². The van der Waals surface area contributed by atoms with Crippen molar-refractivity contribution in [2.24, 2.45) is 0 Å². The van der Waals surface area contributed by atoms with Crippen LogP contribution in [0.1, 0.15) is 22.5 Å². The van der Waals surface area contributed by atoms with E-state index in [1.807, 2.05) is 38.2 Å². The zero-order valence-electron chi connectivity index (χ0n) is 22.8. The number of hydrogen-bond acceptors (Lipinski definition) is 8. The van der Waals surface area contributed by atoms with Gasteiger partial charge in [0, 0.05) is 37.2 Å². The Morgan fingerprint density at radius 3 is 2.58 bits per heavy atom. The number of nitrogens with zero attached hydrogens (tertiary/aromatic N) is 6. The Kier molecular flexibility index (Phi) is 8.99. The van der Waals surface area contributed by atoms with Gasteiger partial charge in [0.1, 0.15) is 17.3 Å². The summed E-state index contributed by atoms with van der Waals surface area (Å²) in [5, 5.41) is 12.4. The number of ether oxygens (including phenoxy) is 1. The second-order valence-corrected chi connectivity index (χ2v) is 9.48. The van der Waals surface area contributed by atoms with Crippen LogP contribution in [0.2, 0.25) is 0 Å². The van der Waals surface area contributed by atoms with Gasteiger partial charge in [-0.3, -0.25) is 9.78 Å². The molecule has 9 nitrogen and oxygen atoms in total. The highest BCUT2D eigenvalue weighted by molar-refractivity contribution is 6.05. The van der Waals surface area contributed by atoms with E-state index in [4.69, 9.17) is 4.74 Å². The van der Waals surface area contributed by atoms with Gasteiger partial charge in [-0.2, -0.15) is 5.26 Å². The fourth-order valence-electron chi connectivity index (χ4n) is 4.03. The van der Waals surface area contributed by atoms with Crippen molar-refractivity contribution >= 4 is 17.3 Å². The normalized spacial score (nSPS) is 12.1. The zero-order chi connectivity index (χ0) is 28.6. The number of carbonyl (C=O) groups is 1. The number of carbonyl (C=O) groups excluding carboxylic acids is 1. The zero-order valence-corrected chi connectivity index (χ0v) is 22.8. The first kappa shape index (κ1) is 28.1. The molecule has 2 aromatic carbocycles. The quantitative estimate of drug-likeness (QED) is 0.370. The summed E-state index contributed by atoms with van der Waals surface area (Å²) in [4.78, 5) is 29.9. The molecule has 10 heteroatoms. The van der Waals surface area contributed by atoms with E-state index in [-0.39, 0.29) is 22.8 Å². The van der Waals surface area contributed by atoms with Gasteiger partial charge in [0.05, 0.1) is 35.7 Å². The first-order valence-electron chi connectivity index (χ1n) is 12.6. The van der Waals surface area contributed by atoms with Gasteiger partial charge in [0.25, 0.3) is 5.91 Å². The molecule has 0 spiro atoms. The molecular formula is C30H30FN7O2. The molecule has 0 aliphatic carbocycles. The van der Waals surface area contributed by atoms with Gasteiger partial charge in [-0.05, 0) is 69.5 Å². The number of methoxy groups -OCH3 is 1. The van der Waals surface area contributed by atoms with Crippen molar-refractivity contribution in [2.75, 3.05) is 51.6 Å². The number of hydrogen-bond donors (Lipinski definition) is 1. The molecule has 1 saturated heterocycles. The highest BCUT2D eigenvalue weighted by Gasteiger charge is 2.22. The number of anilines is 2. The van der Waals surface area contributed by atoms with Crippen LogP contribution in [0.5, 0.6) is 5.75 Å². The highest BCUT2D eigenvalue weighted by atomic mass is 19.1. The summed E-state index contributed by atoms with van der Waals surface area (Å²) in [6, 6.07) is 15.3. The molecule has 1 fully saturated rings. The van der Waals surface area contributed by atoms with Crippen LogP contribution < -0.4 is 15.0 Å². The van der Waals surface area contributed by atoms with Gasteiger partial charge in [0.2, 0.25) is 0 Å². The van der Waals surface area contributed by atoms with Crippen molar-refractivity contribution in [1.29, 1.82) is 5.26 Å². The van der Waals surface area contributed by atoms with Gasteiger partial charge < -0.3 is 19.9 Å². The number of pyridine rings is 1. The Morgan fingerprint density at radius 1 is 1.12 bits per heavy atom. The fraction of sp³-hybridized carbons (Fsp3) is 0.233. The predicted octanol–water partition coefficient (Wildman–Crippen LogP) is 4.87. The van der Waals surface area contributed by atoms with Crippen LogP contribution >= 0.6 is 0 Å². The lowest BCUT2D eigenvalue weighted by atomic mass is 10.0. The predicted molar refractivity (Wildman–Crippen MR) is 153 cm³/mol. The molecule has 0 bridgehead atoms. The van der Waals surface area contributed by atoms with Gasteiger partial charge in [-0.15, -0.1) is 0 Å². The van der Waals surface area contributed by atoms with Crippen molar-refractivity contribution in [3.63, 3.8) is 0 Å². The average molecular weight is 540 g/mol. The highest BCUT2D eigenvalue weighted by Crippen LogP contribution is 2.35. The number of rotatable bonds is 6. The Labute approximate surface area is 232 Å². The minimum absolute atomic E-state index is 0.0523. The maximum atomic E-state index is 14.5. The minimum atomic E-state index is -0.547. The molecule has 5 rings (SSSR count). The lowest BCUT2D eigenvalue weighted by Gasteiger charge is -2.35. The number of aromatic nitrogens is 3. The van der Waals surface area contributed by atoms with Gasteiger partial charge in [0.15, 0.2) is 5.82 Å². The van der Waals surface area contributed by atoms with Crippen LogP contribution in [0.15, 0.2) is 67.1 Å². The third kappa shape index (κ3) is 6.39. The third-order valence-corrected chi connectivity index (χ3v) is 6.00. The molecule has 40 heavy (non-hydrogen) atoms. The van der Waals surface area contributed by atoms with Crippen LogP contribution in [-0.2, 0) is 0 Å². The number of benzene rings is 2. The van der Waals surface area contributed by atoms with E-state index in [9.17, 15) is 14.4 Å². The lowest BCUT2D eigenvalue weighted by molar-refractivity contribution is 0.102. The first-order valence-corrected chi connectivity index (χ1v) is 12.6. The summed E-state index contributed by atoms with van der Waals surface area (Å²) in [5.74, 6) is -0.677. The summed E-state index contributed by atoms with van der Waals surface area (Å²) in [6.45, 7) is 1.71. The van der Waals surface area contributed by atoms with Crippen molar-refractivity contribution in [1.82, 2.24) is 19.9 Å².